The van der Waals surface area contributed by atoms with Crippen LogP contribution in [0.1, 0.15) is 11.1 Å². The molecule has 2 aliphatic heterocycles. The molecule has 0 aliphatic carbocycles. The fourth-order valence-corrected chi connectivity index (χ4v) is 3.68. The lowest BCUT2D eigenvalue weighted by Gasteiger charge is -2.28. The zero-order valence-corrected chi connectivity index (χ0v) is 15.2. The normalized spacial score (nSPS) is 16.2. The highest BCUT2D eigenvalue weighted by molar-refractivity contribution is 5.73. The number of rotatable bonds is 4. The van der Waals surface area contributed by atoms with Gasteiger partial charge in [0.05, 0.1) is 6.20 Å². The van der Waals surface area contributed by atoms with Crippen LogP contribution in [0.3, 0.4) is 0 Å². The van der Waals surface area contributed by atoms with Gasteiger partial charge in [0.1, 0.15) is 17.2 Å². The van der Waals surface area contributed by atoms with E-state index in [0.29, 0.717) is 12.2 Å². The van der Waals surface area contributed by atoms with Crippen LogP contribution in [0.2, 0.25) is 0 Å². The summed E-state index contributed by atoms with van der Waals surface area (Å²) in [5.41, 5.74) is 5.38. The maximum atomic E-state index is 4.74. The van der Waals surface area contributed by atoms with Gasteiger partial charge in [-0.3, -0.25) is 0 Å². The molecule has 0 atom stereocenters. The van der Waals surface area contributed by atoms with E-state index in [4.69, 9.17) is 4.98 Å². The maximum Gasteiger partial charge on any atom is 0.182 e. The molecule has 5 rings (SSSR count). The Morgan fingerprint density at radius 3 is 2.89 bits per heavy atom. The third-order valence-corrected chi connectivity index (χ3v) is 5.19. The van der Waals surface area contributed by atoms with Gasteiger partial charge in [-0.05, 0) is 35.7 Å². The number of piperazine rings is 1. The third kappa shape index (κ3) is 3.38. The lowest BCUT2D eigenvalue weighted by atomic mass is 10.1. The molecular formula is C20H23N7. The number of pyridine rings is 1. The van der Waals surface area contributed by atoms with Crippen molar-refractivity contribution in [2.75, 3.05) is 48.3 Å². The van der Waals surface area contributed by atoms with E-state index in [1.807, 2.05) is 12.1 Å². The van der Waals surface area contributed by atoms with Crippen molar-refractivity contribution in [3.63, 3.8) is 0 Å². The molecule has 0 unspecified atom stereocenters. The summed E-state index contributed by atoms with van der Waals surface area (Å²) in [6.45, 7) is 5.66. The smallest absolute Gasteiger partial charge is 0.182 e. The highest BCUT2D eigenvalue weighted by atomic mass is 15.2. The molecule has 7 nitrogen and oxygen atoms in total. The number of hydrogen-bond acceptors (Lipinski definition) is 7. The van der Waals surface area contributed by atoms with E-state index in [9.17, 15) is 0 Å². The van der Waals surface area contributed by atoms with Gasteiger partial charge in [-0.2, -0.15) is 0 Å². The lowest BCUT2D eigenvalue weighted by molar-refractivity contribution is 0.585. The Balaban J connectivity index is 1.34. The summed E-state index contributed by atoms with van der Waals surface area (Å²) < 4.78 is 0. The first-order valence-electron chi connectivity index (χ1n) is 9.54. The van der Waals surface area contributed by atoms with Crippen LogP contribution in [0.25, 0.3) is 11.2 Å². The molecule has 3 aromatic rings. The van der Waals surface area contributed by atoms with Crippen LogP contribution in [0.5, 0.6) is 0 Å². The van der Waals surface area contributed by atoms with E-state index in [2.05, 4.69) is 49.0 Å². The Labute approximate surface area is 158 Å². The first kappa shape index (κ1) is 16.3. The van der Waals surface area contributed by atoms with Crippen molar-refractivity contribution >= 4 is 28.5 Å². The predicted octanol–water partition coefficient (Wildman–Crippen LogP) is 2.01. The average molecular weight is 361 g/mol. The summed E-state index contributed by atoms with van der Waals surface area (Å²) in [5, 5.41) is 10.2. The summed E-state index contributed by atoms with van der Waals surface area (Å²) in [4.78, 5) is 16.2. The van der Waals surface area contributed by atoms with Gasteiger partial charge in [0.15, 0.2) is 5.65 Å². The van der Waals surface area contributed by atoms with Crippen LogP contribution in [0, 0.1) is 0 Å². The molecule has 2 aliphatic rings. The van der Waals surface area contributed by atoms with Crippen LogP contribution >= 0.6 is 0 Å². The van der Waals surface area contributed by atoms with E-state index in [1.54, 1.807) is 6.20 Å². The number of benzene rings is 1. The molecule has 4 heterocycles. The van der Waals surface area contributed by atoms with Crippen molar-refractivity contribution in [2.24, 2.45) is 0 Å². The topological polar surface area (TPSA) is 78.0 Å². The van der Waals surface area contributed by atoms with E-state index >= 15 is 0 Å². The summed E-state index contributed by atoms with van der Waals surface area (Å²) in [6.07, 6.45) is 2.89. The minimum absolute atomic E-state index is 0.687. The molecule has 1 saturated heterocycles. The Morgan fingerprint density at radius 2 is 1.96 bits per heavy atom. The molecule has 7 heteroatoms. The molecule has 27 heavy (non-hydrogen) atoms. The van der Waals surface area contributed by atoms with Crippen molar-refractivity contribution in [1.82, 2.24) is 20.3 Å². The summed E-state index contributed by atoms with van der Waals surface area (Å²) in [7, 11) is 0. The molecule has 0 spiro atoms. The monoisotopic (exact) mass is 361 g/mol. The van der Waals surface area contributed by atoms with Gasteiger partial charge in [-0.1, -0.05) is 12.1 Å². The van der Waals surface area contributed by atoms with Gasteiger partial charge in [-0.25, -0.2) is 15.0 Å². The van der Waals surface area contributed by atoms with Crippen LogP contribution in [0.15, 0.2) is 36.5 Å². The summed E-state index contributed by atoms with van der Waals surface area (Å²) in [5.74, 6) is 1.72. The number of nitrogens with zero attached hydrogens (tertiary/aromatic N) is 4. The number of aromatic nitrogens is 3. The number of hydrogen-bond donors (Lipinski definition) is 3. The molecule has 0 bridgehead atoms. The second-order valence-corrected chi connectivity index (χ2v) is 7.03. The zero-order valence-electron chi connectivity index (χ0n) is 15.2. The molecule has 0 amide bonds. The van der Waals surface area contributed by atoms with E-state index in [0.717, 1.165) is 56.3 Å². The van der Waals surface area contributed by atoms with Crippen molar-refractivity contribution in [1.29, 1.82) is 0 Å². The fraction of sp³-hybridized carbons (Fsp3) is 0.350. The van der Waals surface area contributed by atoms with Crippen LogP contribution in [-0.2, 0) is 13.0 Å². The minimum atomic E-state index is 0.687. The maximum absolute atomic E-state index is 4.74. The molecule has 3 N–H and O–H groups in total. The van der Waals surface area contributed by atoms with Crippen molar-refractivity contribution in [2.45, 2.75) is 13.0 Å². The number of nitrogens with one attached hydrogen (secondary N) is 3. The van der Waals surface area contributed by atoms with Gasteiger partial charge in [0.25, 0.3) is 0 Å². The molecule has 1 aromatic carbocycles. The Morgan fingerprint density at radius 1 is 1.04 bits per heavy atom. The van der Waals surface area contributed by atoms with Crippen LogP contribution in [-0.4, -0.2) is 47.7 Å². The number of fused-ring (bicyclic) bond motifs is 2. The summed E-state index contributed by atoms with van der Waals surface area (Å²) in [6, 6.07) is 10.6. The largest absolute Gasteiger partial charge is 0.384 e. The Bertz CT molecular complexity index is 966. The van der Waals surface area contributed by atoms with Gasteiger partial charge in [-0.15, -0.1) is 0 Å². The average Bonchev–Trinajstić information content (AvgIpc) is 3.20. The van der Waals surface area contributed by atoms with E-state index < -0.39 is 0 Å². The van der Waals surface area contributed by atoms with Crippen molar-refractivity contribution in [3.8, 4) is 0 Å². The van der Waals surface area contributed by atoms with Crippen LogP contribution in [0.4, 0.5) is 17.3 Å². The summed E-state index contributed by atoms with van der Waals surface area (Å²) >= 11 is 0. The predicted molar refractivity (Wildman–Crippen MR) is 108 cm³/mol. The van der Waals surface area contributed by atoms with E-state index in [1.165, 1.54) is 16.8 Å². The zero-order chi connectivity index (χ0) is 18.1. The third-order valence-electron chi connectivity index (χ3n) is 5.19. The molecule has 1 fully saturated rings. The molecule has 138 valence electrons. The fourth-order valence-electron chi connectivity index (χ4n) is 3.68. The van der Waals surface area contributed by atoms with Gasteiger partial charge in [0.2, 0.25) is 0 Å². The molecule has 0 radical (unpaired) electrons. The number of anilines is 3. The van der Waals surface area contributed by atoms with Gasteiger partial charge < -0.3 is 20.9 Å². The van der Waals surface area contributed by atoms with Crippen LogP contribution < -0.4 is 20.9 Å². The van der Waals surface area contributed by atoms with Crippen molar-refractivity contribution < 1.29 is 0 Å². The standard InChI is InChI=1S/C20H23N7/c1-2-15-5-6-22-17(15)11-14(1)12-24-18-13-23-16-3-4-19(26-20(16)25-18)27-9-7-21-8-10-27/h1-4,11,13,21-22H,5-10,12H2,(H,24,25,26). The molecule has 0 saturated carbocycles. The first-order chi connectivity index (χ1) is 13.3. The Kier molecular flexibility index (Phi) is 4.21. The molecule has 2 aromatic heterocycles. The highest BCUT2D eigenvalue weighted by Crippen LogP contribution is 2.24. The highest BCUT2D eigenvalue weighted by Gasteiger charge is 2.13. The van der Waals surface area contributed by atoms with E-state index in [-0.39, 0.29) is 0 Å². The Hall–Kier alpha value is -2.93. The first-order valence-corrected chi connectivity index (χ1v) is 9.54. The minimum Gasteiger partial charge on any atom is -0.384 e. The second kappa shape index (κ2) is 7.00. The van der Waals surface area contributed by atoms with Crippen molar-refractivity contribution in [3.05, 3.63) is 47.7 Å². The quantitative estimate of drug-likeness (QED) is 0.656. The van der Waals surface area contributed by atoms with Gasteiger partial charge in [0, 0.05) is 45.0 Å². The second-order valence-electron chi connectivity index (χ2n) is 7.03. The molecular weight excluding hydrogens is 338 g/mol. The lowest BCUT2D eigenvalue weighted by Crippen LogP contribution is -2.43. The SMILES string of the molecule is c1cc2c(cc1CNc1cnc3ccc(N4CCNCC4)nc3n1)NCC2. The van der Waals surface area contributed by atoms with Gasteiger partial charge >= 0.3 is 0 Å².